The Bertz CT molecular complexity index is 1100. The number of rotatable bonds is 4. The number of fused-ring (bicyclic) bond motifs is 1. The Morgan fingerprint density at radius 2 is 1.94 bits per heavy atom. The van der Waals surface area contributed by atoms with E-state index in [9.17, 15) is 18.0 Å². The normalized spacial score (nSPS) is 23.7. The molecule has 1 fully saturated rings. The predicted octanol–water partition coefficient (Wildman–Crippen LogP) is 3.13. The van der Waals surface area contributed by atoms with Crippen LogP contribution in [0, 0.1) is 11.8 Å². The van der Waals surface area contributed by atoms with Crippen LogP contribution in [0.1, 0.15) is 24.1 Å². The molecule has 4 heterocycles. The van der Waals surface area contributed by atoms with E-state index in [1.54, 1.807) is 29.7 Å². The quantitative estimate of drug-likeness (QED) is 0.737. The molecule has 2 amide bonds. The Hall–Kier alpha value is -3.47. The summed E-state index contributed by atoms with van der Waals surface area (Å²) in [5.74, 6) is 1.31. The summed E-state index contributed by atoms with van der Waals surface area (Å²) in [5.41, 5.74) is 0.714. The third-order valence-corrected chi connectivity index (χ3v) is 6.39. The summed E-state index contributed by atoms with van der Waals surface area (Å²) in [6, 6.07) is 4.53. The standard InChI is InChI=1S/C22H22F3N7O/c1-13(18-10-26-6-7-28-18)16-8-27-9-17(16)20-29-19-11-31(12-32(19)21(33)30-20)15-4-2-14(3-5-15)22(23,24)25/h2-7,10-11,13,16-17,27H,8-9,12H2,1H3,(H,29,30,33). The van der Waals surface area contributed by atoms with Crippen molar-refractivity contribution in [3.63, 3.8) is 0 Å². The molecule has 0 bridgehead atoms. The molecular weight excluding hydrogens is 435 g/mol. The number of hydrogen-bond acceptors (Lipinski definition) is 6. The number of carbonyl (C=O) groups is 1. The van der Waals surface area contributed by atoms with Crippen molar-refractivity contribution in [2.75, 3.05) is 24.7 Å². The lowest BCUT2D eigenvalue weighted by atomic mass is 9.82. The van der Waals surface area contributed by atoms with Gasteiger partial charge in [-0.05, 0) is 36.7 Å². The fraction of sp³-hybridized carbons (Fsp3) is 0.364. The van der Waals surface area contributed by atoms with E-state index in [1.165, 1.54) is 17.0 Å². The van der Waals surface area contributed by atoms with E-state index < -0.39 is 11.7 Å². The summed E-state index contributed by atoms with van der Waals surface area (Å²) >= 11 is 0. The van der Waals surface area contributed by atoms with Crippen molar-refractivity contribution in [1.82, 2.24) is 25.5 Å². The van der Waals surface area contributed by atoms with Crippen LogP contribution in [0.3, 0.4) is 0 Å². The van der Waals surface area contributed by atoms with Crippen molar-refractivity contribution in [2.24, 2.45) is 16.8 Å². The smallest absolute Gasteiger partial charge is 0.326 e. The molecule has 1 aromatic carbocycles. The average Bonchev–Trinajstić information content (AvgIpc) is 3.46. The highest BCUT2D eigenvalue weighted by Crippen LogP contribution is 2.35. The van der Waals surface area contributed by atoms with Crippen LogP contribution < -0.4 is 15.5 Å². The van der Waals surface area contributed by atoms with E-state index >= 15 is 0 Å². The number of halogens is 3. The summed E-state index contributed by atoms with van der Waals surface area (Å²) in [6.07, 6.45) is 2.35. The molecule has 0 spiro atoms. The number of amidine groups is 1. The van der Waals surface area contributed by atoms with Crippen molar-refractivity contribution in [3.05, 3.63) is 66.1 Å². The highest BCUT2D eigenvalue weighted by molar-refractivity contribution is 6.02. The molecule has 0 radical (unpaired) electrons. The first kappa shape index (κ1) is 21.4. The minimum absolute atomic E-state index is 0.0193. The minimum Gasteiger partial charge on any atom is -0.326 e. The third kappa shape index (κ3) is 4.04. The first-order chi connectivity index (χ1) is 15.8. The average molecular weight is 457 g/mol. The molecule has 3 unspecified atom stereocenters. The monoisotopic (exact) mass is 457 g/mol. The Morgan fingerprint density at radius 3 is 2.64 bits per heavy atom. The fourth-order valence-corrected chi connectivity index (χ4v) is 4.52. The number of hydrogen-bond donors (Lipinski definition) is 2. The van der Waals surface area contributed by atoms with E-state index in [1.807, 2.05) is 0 Å². The SMILES string of the molecule is CC(c1cnccn1)C1CNCC1C1=NC2=CN(c3ccc(C(F)(F)F)cc3)CN2C(=O)N1. The first-order valence-corrected chi connectivity index (χ1v) is 10.6. The maximum Gasteiger partial charge on any atom is 0.416 e. The molecule has 11 heteroatoms. The van der Waals surface area contributed by atoms with Crippen LogP contribution in [0.5, 0.6) is 0 Å². The van der Waals surface area contributed by atoms with Crippen LogP contribution in [0.4, 0.5) is 23.7 Å². The van der Waals surface area contributed by atoms with Gasteiger partial charge in [-0.25, -0.2) is 9.79 Å². The zero-order chi connectivity index (χ0) is 23.2. The minimum atomic E-state index is -4.40. The highest BCUT2D eigenvalue weighted by Gasteiger charge is 2.40. The van der Waals surface area contributed by atoms with Crippen molar-refractivity contribution in [3.8, 4) is 0 Å². The van der Waals surface area contributed by atoms with Crippen LogP contribution >= 0.6 is 0 Å². The molecule has 1 aromatic heterocycles. The van der Waals surface area contributed by atoms with Gasteiger partial charge >= 0.3 is 12.2 Å². The molecule has 5 rings (SSSR count). The molecule has 3 aliphatic rings. The molecule has 8 nitrogen and oxygen atoms in total. The molecule has 33 heavy (non-hydrogen) atoms. The number of nitrogens with one attached hydrogen (secondary N) is 2. The summed E-state index contributed by atoms with van der Waals surface area (Å²) in [7, 11) is 0. The van der Waals surface area contributed by atoms with E-state index in [0.717, 1.165) is 24.4 Å². The van der Waals surface area contributed by atoms with E-state index in [4.69, 9.17) is 4.99 Å². The number of carbonyl (C=O) groups excluding carboxylic acids is 1. The number of anilines is 1. The topological polar surface area (TPSA) is 85.8 Å². The van der Waals surface area contributed by atoms with Gasteiger partial charge in [0.15, 0.2) is 5.82 Å². The number of alkyl halides is 3. The second-order valence-electron chi connectivity index (χ2n) is 8.35. The zero-order valence-corrected chi connectivity index (χ0v) is 17.8. The van der Waals surface area contributed by atoms with Gasteiger partial charge in [0.1, 0.15) is 12.5 Å². The fourth-order valence-electron chi connectivity index (χ4n) is 4.52. The number of aliphatic imine (C=N–C) groups is 1. The Morgan fingerprint density at radius 1 is 1.15 bits per heavy atom. The van der Waals surface area contributed by atoms with E-state index in [0.29, 0.717) is 23.9 Å². The third-order valence-electron chi connectivity index (χ3n) is 6.39. The second-order valence-corrected chi connectivity index (χ2v) is 8.35. The van der Waals surface area contributed by atoms with Gasteiger partial charge in [0.05, 0.1) is 11.3 Å². The van der Waals surface area contributed by atoms with Gasteiger partial charge in [0.2, 0.25) is 0 Å². The van der Waals surface area contributed by atoms with Crippen molar-refractivity contribution in [2.45, 2.75) is 19.0 Å². The summed E-state index contributed by atoms with van der Waals surface area (Å²) in [4.78, 5) is 29.3. The number of aromatic nitrogens is 2. The van der Waals surface area contributed by atoms with Crippen molar-refractivity contribution >= 4 is 17.6 Å². The predicted molar refractivity (Wildman–Crippen MR) is 115 cm³/mol. The Kier molecular flexibility index (Phi) is 5.28. The molecule has 0 saturated carbocycles. The lowest BCUT2D eigenvalue weighted by molar-refractivity contribution is -0.137. The van der Waals surface area contributed by atoms with Gasteiger partial charge in [0.25, 0.3) is 0 Å². The number of amides is 2. The van der Waals surface area contributed by atoms with Crippen molar-refractivity contribution in [1.29, 1.82) is 0 Å². The van der Waals surface area contributed by atoms with Crippen LogP contribution in [0.2, 0.25) is 0 Å². The Balaban J connectivity index is 1.38. The van der Waals surface area contributed by atoms with Gasteiger partial charge < -0.3 is 10.2 Å². The van der Waals surface area contributed by atoms with E-state index in [-0.39, 0.29) is 30.5 Å². The Labute approximate surface area is 188 Å². The van der Waals surface area contributed by atoms with Gasteiger partial charge in [-0.1, -0.05) is 6.92 Å². The molecule has 3 atom stereocenters. The van der Waals surface area contributed by atoms with Gasteiger partial charge in [-0.2, -0.15) is 13.2 Å². The highest BCUT2D eigenvalue weighted by atomic mass is 19.4. The number of nitrogens with zero attached hydrogens (tertiary/aromatic N) is 5. The zero-order valence-electron chi connectivity index (χ0n) is 17.8. The number of urea groups is 1. The van der Waals surface area contributed by atoms with Gasteiger partial charge in [-0.15, -0.1) is 0 Å². The molecule has 172 valence electrons. The molecule has 2 aromatic rings. The van der Waals surface area contributed by atoms with Crippen molar-refractivity contribution < 1.29 is 18.0 Å². The summed E-state index contributed by atoms with van der Waals surface area (Å²) < 4.78 is 38.6. The number of benzene rings is 1. The summed E-state index contributed by atoms with van der Waals surface area (Å²) in [5, 5.41) is 6.29. The van der Waals surface area contributed by atoms with Crippen LogP contribution in [-0.4, -0.2) is 46.5 Å². The summed E-state index contributed by atoms with van der Waals surface area (Å²) in [6.45, 7) is 3.70. The largest absolute Gasteiger partial charge is 0.416 e. The van der Waals surface area contributed by atoms with Crippen LogP contribution in [0.25, 0.3) is 0 Å². The second kappa shape index (κ2) is 8.14. The molecule has 2 N–H and O–H groups in total. The maximum atomic E-state index is 12.9. The van der Waals surface area contributed by atoms with E-state index in [2.05, 4.69) is 27.5 Å². The lowest BCUT2D eigenvalue weighted by Crippen LogP contribution is -2.50. The van der Waals surface area contributed by atoms with Crippen LogP contribution in [-0.2, 0) is 6.18 Å². The van der Waals surface area contributed by atoms with Gasteiger partial charge in [-0.3, -0.25) is 20.2 Å². The molecule has 1 saturated heterocycles. The molecular formula is C22H22F3N7O. The lowest BCUT2D eigenvalue weighted by Gasteiger charge is -2.30. The van der Waals surface area contributed by atoms with Gasteiger partial charge in [0, 0.05) is 48.9 Å². The molecule has 0 aliphatic carbocycles. The maximum absolute atomic E-state index is 12.9. The van der Waals surface area contributed by atoms with Crippen LogP contribution in [0.15, 0.2) is 59.9 Å². The first-order valence-electron chi connectivity index (χ1n) is 10.6. The molecule has 3 aliphatic heterocycles.